The predicted molar refractivity (Wildman–Crippen MR) is 128 cm³/mol. The molecule has 0 saturated carbocycles. The van der Waals surface area contributed by atoms with E-state index in [0.29, 0.717) is 19.8 Å². The molecule has 1 amide bonds. The number of carbonyl (C=O) groups is 1. The molecular weight excluding hydrogens is 416 g/mol. The van der Waals surface area contributed by atoms with Gasteiger partial charge in [0.2, 0.25) is 0 Å². The summed E-state index contributed by atoms with van der Waals surface area (Å²) in [6.45, 7) is 7.35. The third-order valence-electron chi connectivity index (χ3n) is 5.51. The molecule has 0 aliphatic carbocycles. The summed E-state index contributed by atoms with van der Waals surface area (Å²) in [4.78, 5) is 19.8. The Morgan fingerprint density at radius 3 is 2.76 bits per heavy atom. The lowest BCUT2D eigenvalue weighted by atomic mass is 9.82. The van der Waals surface area contributed by atoms with Crippen molar-refractivity contribution in [2.24, 2.45) is 5.16 Å². The quantitative estimate of drug-likeness (QED) is 0.471. The van der Waals surface area contributed by atoms with Crippen LogP contribution < -0.4 is 4.74 Å². The van der Waals surface area contributed by atoms with Gasteiger partial charge in [0.25, 0.3) is 5.91 Å². The number of amides is 1. The molecule has 0 bridgehead atoms. The van der Waals surface area contributed by atoms with Gasteiger partial charge in [-0.2, -0.15) is 0 Å². The van der Waals surface area contributed by atoms with Gasteiger partial charge < -0.3 is 14.3 Å². The first-order valence-electron chi connectivity index (χ1n) is 11.0. The second-order valence-corrected chi connectivity index (χ2v) is 8.37. The summed E-state index contributed by atoms with van der Waals surface area (Å²) in [5.74, 6) is 0.782. The number of carbonyl (C=O) groups excluding carboxylic acids is 1. The SMILES string of the molecule is CCN1C(=O)/C(=C\c2ccc3c(c2)C(C)(C)/C=C\C=C/CO3)O/C1=N/OCc1ccccc1. The number of allylic oxidation sites excluding steroid dienone is 3. The maximum Gasteiger partial charge on any atom is 0.339 e. The molecule has 0 unspecified atom stereocenters. The van der Waals surface area contributed by atoms with Crippen LogP contribution in [-0.2, 0) is 26.4 Å². The van der Waals surface area contributed by atoms with Gasteiger partial charge in [0.15, 0.2) is 5.76 Å². The molecule has 0 atom stereocenters. The lowest BCUT2D eigenvalue weighted by Gasteiger charge is -2.24. The van der Waals surface area contributed by atoms with Crippen LogP contribution in [0.2, 0.25) is 0 Å². The second-order valence-electron chi connectivity index (χ2n) is 8.37. The zero-order chi connectivity index (χ0) is 23.3. The molecule has 0 spiro atoms. The number of likely N-dealkylation sites (N-methyl/N-ethyl adjacent to an activating group) is 1. The van der Waals surface area contributed by atoms with Crippen LogP contribution in [0, 0.1) is 0 Å². The minimum Gasteiger partial charge on any atom is -0.489 e. The van der Waals surface area contributed by atoms with Crippen molar-refractivity contribution < 1.29 is 19.1 Å². The zero-order valence-corrected chi connectivity index (χ0v) is 19.2. The summed E-state index contributed by atoms with van der Waals surface area (Å²) >= 11 is 0. The molecule has 4 rings (SSSR count). The lowest BCUT2D eigenvalue weighted by molar-refractivity contribution is -0.122. The first-order chi connectivity index (χ1) is 16.0. The summed E-state index contributed by atoms with van der Waals surface area (Å²) in [6.07, 6.45) is 9.86. The number of ether oxygens (including phenoxy) is 2. The summed E-state index contributed by atoms with van der Waals surface area (Å²) in [6, 6.07) is 15.7. The Hall–Kier alpha value is -3.80. The Bertz CT molecular complexity index is 1130. The van der Waals surface area contributed by atoms with Crippen LogP contribution in [-0.4, -0.2) is 30.0 Å². The highest BCUT2D eigenvalue weighted by Gasteiger charge is 2.34. The van der Waals surface area contributed by atoms with Crippen molar-refractivity contribution >= 4 is 18.0 Å². The van der Waals surface area contributed by atoms with Crippen LogP contribution in [0.15, 0.2) is 83.7 Å². The maximum atomic E-state index is 12.9. The van der Waals surface area contributed by atoms with Crippen molar-refractivity contribution in [3.8, 4) is 5.75 Å². The highest BCUT2D eigenvalue weighted by atomic mass is 16.7. The molecule has 6 heteroatoms. The Morgan fingerprint density at radius 2 is 1.97 bits per heavy atom. The number of amidine groups is 1. The van der Waals surface area contributed by atoms with Gasteiger partial charge in [-0.15, -0.1) is 0 Å². The van der Waals surface area contributed by atoms with Crippen LogP contribution in [0.4, 0.5) is 0 Å². The third-order valence-corrected chi connectivity index (χ3v) is 5.51. The Labute approximate surface area is 194 Å². The van der Waals surface area contributed by atoms with E-state index in [9.17, 15) is 4.79 Å². The molecule has 0 radical (unpaired) electrons. The number of fused-ring (bicyclic) bond motifs is 1. The summed E-state index contributed by atoms with van der Waals surface area (Å²) in [5, 5.41) is 4.06. The molecule has 2 aliphatic heterocycles. The van der Waals surface area contributed by atoms with E-state index in [0.717, 1.165) is 22.4 Å². The molecule has 2 aromatic rings. The van der Waals surface area contributed by atoms with E-state index in [4.69, 9.17) is 14.3 Å². The molecule has 2 aromatic carbocycles. The molecular formula is C27H28N2O4. The second kappa shape index (κ2) is 9.77. The fraction of sp³-hybridized carbons (Fsp3) is 0.259. The van der Waals surface area contributed by atoms with Gasteiger partial charge in [0.05, 0.1) is 0 Å². The van der Waals surface area contributed by atoms with Crippen molar-refractivity contribution in [2.45, 2.75) is 32.8 Å². The molecule has 0 N–H and O–H groups in total. The van der Waals surface area contributed by atoms with Crippen LogP contribution in [0.25, 0.3) is 6.08 Å². The van der Waals surface area contributed by atoms with Crippen molar-refractivity contribution in [1.82, 2.24) is 4.90 Å². The fourth-order valence-corrected chi connectivity index (χ4v) is 3.67. The summed E-state index contributed by atoms with van der Waals surface area (Å²) < 4.78 is 11.7. The molecule has 1 fully saturated rings. The number of oxime groups is 1. The fourth-order valence-electron chi connectivity index (χ4n) is 3.67. The van der Waals surface area contributed by atoms with Gasteiger partial charge in [-0.1, -0.05) is 68.5 Å². The molecule has 2 aliphatic rings. The molecule has 1 saturated heterocycles. The predicted octanol–water partition coefficient (Wildman–Crippen LogP) is 5.18. The number of benzene rings is 2. The van der Waals surface area contributed by atoms with E-state index in [1.807, 2.05) is 73.7 Å². The van der Waals surface area contributed by atoms with E-state index in [1.165, 1.54) is 4.90 Å². The first kappa shape index (κ1) is 22.4. The van der Waals surface area contributed by atoms with Crippen LogP contribution in [0.5, 0.6) is 5.75 Å². The van der Waals surface area contributed by atoms with Crippen LogP contribution in [0.3, 0.4) is 0 Å². The number of hydrogen-bond donors (Lipinski definition) is 0. The van der Waals surface area contributed by atoms with Gasteiger partial charge in [-0.3, -0.25) is 9.69 Å². The van der Waals surface area contributed by atoms with E-state index in [2.05, 4.69) is 25.1 Å². The van der Waals surface area contributed by atoms with Gasteiger partial charge >= 0.3 is 6.02 Å². The number of rotatable bonds is 5. The van der Waals surface area contributed by atoms with E-state index in [-0.39, 0.29) is 23.1 Å². The largest absolute Gasteiger partial charge is 0.489 e. The van der Waals surface area contributed by atoms with Crippen molar-refractivity contribution in [1.29, 1.82) is 0 Å². The van der Waals surface area contributed by atoms with E-state index < -0.39 is 0 Å². The highest BCUT2D eigenvalue weighted by Crippen LogP contribution is 2.35. The third kappa shape index (κ3) is 5.17. The molecule has 0 aromatic heterocycles. The number of hydrogen-bond acceptors (Lipinski definition) is 5. The number of nitrogens with zero attached hydrogens (tertiary/aromatic N) is 2. The molecule has 6 nitrogen and oxygen atoms in total. The van der Waals surface area contributed by atoms with Crippen molar-refractivity contribution in [3.05, 3.63) is 95.3 Å². The average Bonchev–Trinajstić information content (AvgIpc) is 3.14. The topological polar surface area (TPSA) is 60.4 Å². The monoisotopic (exact) mass is 444 g/mol. The maximum absolute atomic E-state index is 12.9. The van der Waals surface area contributed by atoms with Crippen molar-refractivity contribution in [2.75, 3.05) is 13.2 Å². The van der Waals surface area contributed by atoms with Crippen LogP contribution >= 0.6 is 0 Å². The first-order valence-corrected chi connectivity index (χ1v) is 11.0. The van der Waals surface area contributed by atoms with Crippen LogP contribution in [0.1, 0.15) is 37.5 Å². The minimum atomic E-state index is -0.247. The zero-order valence-electron chi connectivity index (χ0n) is 19.2. The summed E-state index contributed by atoms with van der Waals surface area (Å²) in [7, 11) is 0. The van der Waals surface area contributed by atoms with E-state index >= 15 is 0 Å². The Kier molecular flexibility index (Phi) is 6.63. The van der Waals surface area contributed by atoms with E-state index in [1.54, 1.807) is 6.08 Å². The molecule has 2 heterocycles. The molecule has 170 valence electrons. The van der Waals surface area contributed by atoms with Gasteiger partial charge in [0, 0.05) is 17.5 Å². The Balaban J connectivity index is 1.57. The van der Waals surface area contributed by atoms with Gasteiger partial charge in [-0.05, 0) is 47.5 Å². The highest BCUT2D eigenvalue weighted by molar-refractivity contribution is 6.11. The lowest BCUT2D eigenvalue weighted by Crippen LogP contribution is -2.29. The minimum absolute atomic E-state index is 0.144. The average molecular weight is 445 g/mol. The normalized spacial score (nSPS) is 21.4. The van der Waals surface area contributed by atoms with Gasteiger partial charge in [-0.25, -0.2) is 0 Å². The molecule has 33 heavy (non-hydrogen) atoms. The Morgan fingerprint density at radius 1 is 1.15 bits per heavy atom. The van der Waals surface area contributed by atoms with Crippen molar-refractivity contribution in [3.63, 3.8) is 0 Å². The smallest absolute Gasteiger partial charge is 0.339 e. The summed E-state index contributed by atoms with van der Waals surface area (Å²) in [5.41, 5.74) is 2.62. The standard InChI is InChI=1S/C27H28N2O4/c1-4-29-25(30)24(33-26(29)28-32-19-20-11-7-5-8-12-20)18-21-13-14-23-22(17-21)27(2,3)15-9-6-10-16-31-23/h5-15,17-18H,4,16,19H2,1-3H3/b10-6-,15-9-,24-18+,28-26+. The van der Waals surface area contributed by atoms with Gasteiger partial charge in [0.1, 0.15) is 19.0 Å².